The second-order valence-electron chi connectivity index (χ2n) is 5.74. The molecule has 2 aromatic rings. The number of likely N-dealkylation sites (tertiary alicyclic amines) is 1. The summed E-state index contributed by atoms with van der Waals surface area (Å²) in [7, 11) is 1.62. The molecule has 2 heterocycles. The molecule has 1 saturated heterocycles. The highest BCUT2D eigenvalue weighted by molar-refractivity contribution is 5.21. The molecule has 1 aliphatic rings. The molecule has 1 aliphatic heterocycles. The first-order valence-corrected chi connectivity index (χ1v) is 7.63. The number of rotatable bonds is 6. The van der Waals surface area contributed by atoms with Crippen molar-refractivity contribution in [2.24, 2.45) is 0 Å². The molecule has 124 valence electrons. The summed E-state index contributed by atoms with van der Waals surface area (Å²) in [5.41, 5.74) is 0.848. The van der Waals surface area contributed by atoms with Crippen LogP contribution in [0.4, 0.5) is 4.39 Å². The predicted molar refractivity (Wildman–Crippen MR) is 80.1 cm³/mol. The minimum Gasteiger partial charge on any atom is -0.392 e. The van der Waals surface area contributed by atoms with Gasteiger partial charge in [0.2, 0.25) is 5.89 Å². The largest absolute Gasteiger partial charge is 0.392 e. The fourth-order valence-corrected chi connectivity index (χ4v) is 2.94. The fraction of sp³-hybridized carbons (Fsp3) is 0.500. The van der Waals surface area contributed by atoms with Crippen LogP contribution in [0.15, 0.2) is 28.8 Å². The van der Waals surface area contributed by atoms with Gasteiger partial charge < -0.3 is 14.4 Å². The Morgan fingerprint density at radius 3 is 3.13 bits per heavy atom. The molecule has 0 unspecified atom stereocenters. The zero-order valence-electron chi connectivity index (χ0n) is 13.0. The standard InChI is InChI=1S/C16H20FN3O3/c1-22-6-5-15-18-16(23-19-15)10-20-9-13(21)8-14(20)11-3-2-4-12(17)7-11/h2-4,7,13-14,21H,5-6,8-10H2,1H3/t13-,14-/m0/s1. The topological polar surface area (TPSA) is 71.6 Å². The molecule has 0 saturated carbocycles. The van der Waals surface area contributed by atoms with Crippen molar-refractivity contribution in [3.05, 3.63) is 47.4 Å². The van der Waals surface area contributed by atoms with E-state index in [0.717, 1.165) is 5.56 Å². The second kappa shape index (κ2) is 7.16. The van der Waals surface area contributed by atoms with Gasteiger partial charge in [-0.2, -0.15) is 4.98 Å². The lowest BCUT2D eigenvalue weighted by molar-refractivity contribution is 0.164. The second-order valence-corrected chi connectivity index (χ2v) is 5.74. The molecule has 1 N–H and O–H groups in total. The summed E-state index contributed by atoms with van der Waals surface area (Å²) in [6.07, 6.45) is 0.712. The molecule has 1 aromatic heterocycles. The minimum absolute atomic E-state index is 0.0602. The molecule has 1 fully saturated rings. The first-order valence-electron chi connectivity index (χ1n) is 7.63. The number of benzene rings is 1. The van der Waals surface area contributed by atoms with Gasteiger partial charge in [0.25, 0.3) is 0 Å². The molecular formula is C16H20FN3O3. The van der Waals surface area contributed by atoms with E-state index in [1.54, 1.807) is 13.2 Å². The summed E-state index contributed by atoms with van der Waals surface area (Å²) < 4.78 is 23.7. The summed E-state index contributed by atoms with van der Waals surface area (Å²) in [6, 6.07) is 6.42. The zero-order valence-corrected chi connectivity index (χ0v) is 13.0. The highest BCUT2D eigenvalue weighted by atomic mass is 19.1. The number of ether oxygens (including phenoxy) is 1. The Morgan fingerprint density at radius 1 is 1.48 bits per heavy atom. The summed E-state index contributed by atoms with van der Waals surface area (Å²) in [5, 5.41) is 13.9. The number of hydrogen-bond acceptors (Lipinski definition) is 6. The van der Waals surface area contributed by atoms with Gasteiger partial charge in [-0.15, -0.1) is 0 Å². The lowest BCUT2D eigenvalue weighted by Crippen LogP contribution is -2.24. The molecule has 23 heavy (non-hydrogen) atoms. The zero-order chi connectivity index (χ0) is 16.2. The lowest BCUT2D eigenvalue weighted by Gasteiger charge is -2.22. The van der Waals surface area contributed by atoms with Gasteiger partial charge >= 0.3 is 0 Å². The molecule has 6 nitrogen and oxygen atoms in total. The molecule has 2 atom stereocenters. The number of hydrogen-bond donors (Lipinski definition) is 1. The molecule has 0 amide bonds. The van der Waals surface area contributed by atoms with E-state index < -0.39 is 6.10 Å². The van der Waals surface area contributed by atoms with E-state index in [2.05, 4.69) is 10.1 Å². The van der Waals surface area contributed by atoms with Crippen LogP contribution in [-0.2, 0) is 17.7 Å². The molecule has 1 aromatic carbocycles. The van der Waals surface area contributed by atoms with Crippen LogP contribution < -0.4 is 0 Å². The van der Waals surface area contributed by atoms with Gasteiger partial charge in [-0.25, -0.2) is 4.39 Å². The first kappa shape index (κ1) is 16.0. The number of halogens is 1. The van der Waals surface area contributed by atoms with Crippen LogP contribution in [0.5, 0.6) is 0 Å². The molecule has 0 bridgehead atoms. The van der Waals surface area contributed by atoms with Crippen LogP contribution in [0, 0.1) is 5.82 Å². The van der Waals surface area contributed by atoms with Gasteiger partial charge in [0.05, 0.1) is 19.3 Å². The summed E-state index contributed by atoms with van der Waals surface area (Å²) >= 11 is 0. The number of methoxy groups -OCH3 is 1. The van der Waals surface area contributed by atoms with Crippen LogP contribution >= 0.6 is 0 Å². The van der Waals surface area contributed by atoms with Crippen LogP contribution in [0.25, 0.3) is 0 Å². The van der Waals surface area contributed by atoms with Gasteiger partial charge in [0.1, 0.15) is 5.82 Å². The van der Waals surface area contributed by atoms with Crippen molar-refractivity contribution in [1.82, 2.24) is 15.0 Å². The molecule has 0 aliphatic carbocycles. The van der Waals surface area contributed by atoms with E-state index in [9.17, 15) is 9.50 Å². The van der Waals surface area contributed by atoms with Crippen molar-refractivity contribution in [2.45, 2.75) is 31.5 Å². The number of aliphatic hydroxyl groups excluding tert-OH is 1. The van der Waals surface area contributed by atoms with E-state index in [1.807, 2.05) is 11.0 Å². The van der Waals surface area contributed by atoms with Crippen LogP contribution in [0.2, 0.25) is 0 Å². The van der Waals surface area contributed by atoms with E-state index in [4.69, 9.17) is 9.26 Å². The molecule has 0 radical (unpaired) electrons. The van der Waals surface area contributed by atoms with Crippen molar-refractivity contribution in [3.8, 4) is 0 Å². The van der Waals surface area contributed by atoms with Crippen molar-refractivity contribution in [1.29, 1.82) is 0 Å². The number of nitrogens with zero attached hydrogens (tertiary/aromatic N) is 3. The number of β-amino-alcohol motifs (C(OH)–C–C–N with tert-alkyl or cyclic N) is 1. The van der Waals surface area contributed by atoms with Crippen molar-refractivity contribution >= 4 is 0 Å². The van der Waals surface area contributed by atoms with E-state index in [-0.39, 0.29) is 11.9 Å². The third kappa shape index (κ3) is 3.93. The molecule has 0 spiro atoms. The summed E-state index contributed by atoms with van der Waals surface area (Å²) in [5.74, 6) is 0.819. The Hall–Kier alpha value is -1.83. The lowest BCUT2D eigenvalue weighted by atomic mass is 10.0. The minimum atomic E-state index is -0.445. The van der Waals surface area contributed by atoms with Crippen LogP contribution in [-0.4, -0.2) is 46.5 Å². The number of aliphatic hydroxyl groups is 1. The van der Waals surface area contributed by atoms with E-state index in [1.165, 1.54) is 12.1 Å². The smallest absolute Gasteiger partial charge is 0.240 e. The maximum absolute atomic E-state index is 13.5. The average molecular weight is 321 g/mol. The SMILES string of the molecule is COCCc1noc(CN2C[C@@H](O)C[C@H]2c2cccc(F)c2)n1. The Labute approximate surface area is 133 Å². The van der Waals surface area contributed by atoms with E-state index >= 15 is 0 Å². The maximum atomic E-state index is 13.5. The molecule has 7 heteroatoms. The Morgan fingerprint density at radius 2 is 2.35 bits per heavy atom. The van der Waals surface area contributed by atoms with Gasteiger partial charge in [-0.05, 0) is 24.1 Å². The van der Waals surface area contributed by atoms with Crippen LogP contribution in [0.3, 0.4) is 0 Å². The third-order valence-electron chi connectivity index (χ3n) is 3.99. The average Bonchev–Trinajstić information content (AvgIpc) is 3.12. The fourth-order valence-electron chi connectivity index (χ4n) is 2.94. The quantitative estimate of drug-likeness (QED) is 0.873. The monoisotopic (exact) mass is 321 g/mol. The Kier molecular flexibility index (Phi) is 5.00. The molecule has 3 rings (SSSR count). The van der Waals surface area contributed by atoms with Gasteiger partial charge in [-0.1, -0.05) is 17.3 Å². The highest BCUT2D eigenvalue weighted by Gasteiger charge is 2.33. The van der Waals surface area contributed by atoms with E-state index in [0.29, 0.717) is 44.3 Å². The maximum Gasteiger partial charge on any atom is 0.240 e. The Balaban J connectivity index is 1.71. The predicted octanol–water partition coefficient (Wildman–Crippen LogP) is 1.71. The normalized spacial score (nSPS) is 21.9. The van der Waals surface area contributed by atoms with Crippen molar-refractivity contribution in [2.75, 3.05) is 20.3 Å². The van der Waals surface area contributed by atoms with Gasteiger partial charge in [-0.3, -0.25) is 4.90 Å². The Bertz CT molecular complexity index is 649. The van der Waals surface area contributed by atoms with Gasteiger partial charge in [0.15, 0.2) is 5.82 Å². The highest BCUT2D eigenvalue weighted by Crippen LogP contribution is 2.33. The summed E-state index contributed by atoms with van der Waals surface area (Å²) in [6.45, 7) is 1.46. The third-order valence-corrected chi connectivity index (χ3v) is 3.99. The number of aromatic nitrogens is 2. The molecular weight excluding hydrogens is 301 g/mol. The summed E-state index contributed by atoms with van der Waals surface area (Å²) in [4.78, 5) is 6.36. The first-order chi connectivity index (χ1) is 11.2. The van der Waals surface area contributed by atoms with Crippen molar-refractivity contribution < 1.29 is 18.8 Å². The van der Waals surface area contributed by atoms with Gasteiger partial charge in [0, 0.05) is 26.1 Å². The van der Waals surface area contributed by atoms with Crippen molar-refractivity contribution in [3.63, 3.8) is 0 Å². The van der Waals surface area contributed by atoms with Crippen LogP contribution in [0.1, 0.15) is 29.7 Å².